The minimum atomic E-state index is -4.31. The first-order valence-electron chi connectivity index (χ1n) is 5.96. The Kier molecular flexibility index (Phi) is 4.97. The van der Waals surface area contributed by atoms with Gasteiger partial charge in [-0.1, -0.05) is 0 Å². The minimum absolute atomic E-state index is 0.195. The van der Waals surface area contributed by atoms with Crippen LogP contribution < -0.4 is 5.32 Å². The summed E-state index contributed by atoms with van der Waals surface area (Å²) in [4.78, 5) is 11.2. The van der Waals surface area contributed by atoms with E-state index in [0.717, 1.165) is 12.1 Å². The standard InChI is InChI=1S/C13H15F4NO2/c1-12(11(19)20,7-2-8-13(15,16)17)18-10-5-3-9(14)4-6-10/h3-6,18H,2,7-8H2,1H3,(H,19,20). The van der Waals surface area contributed by atoms with Gasteiger partial charge in [-0.2, -0.15) is 13.2 Å². The Morgan fingerprint density at radius 3 is 2.20 bits per heavy atom. The van der Waals surface area contributed by atoms with Gasteiger partial charge in [-0.3, -0.25) is 0 Å². The number of alkyl halides is 3. The molecule has 1 unspecified atom stereocenters. The summed E-state index contributed by atoms with van der Waals surface area (Å²) < 4.78 is 49.0. The van der Waals surface area contributed by atoms with Gasteiger partial charge in [-0.25, -0.2) is 9.18 Å². The number of benzene rings is 1. The molecule has 0 spiro atoms. The van der Waals surface area contributed by atoms with Crippen LogP contribution in [-0.2, 0) is 4.79 Å². The van der Waals surface area contributed by atoms with E-state index in [1.165, 1.54) is 19.1 Å². The van der Waals surface area contributed by atoms with Crippen LogP contribution in [0.25, 0.3) is 0 Å². The Labute approximate surface area is 113 Å². The van der Waals surface area contributed by atoms with Crippen molar-refractivity contribution in [2.75, 3.05) is 5.32 Å². The number of carboxylic acids is 1. The summed E-state index contributed by atoms with van der Waals surface area (Å²) in [5.74, 6) is -1.74. The van der Waals surface area contributed by atoms with Crippen molar-refractivity contribution in [1.29, 1.82) is 0 Å². The van der Waals surface area contributed by atoms with Gasteiger partial charge in [0.05, 0.1) is 0 Å². The molecule has 1 aromatic carbocycles. The van der Waals surface area contributed by atoms with Gasteiger partial charge in [0.25, 0.3) is 0 Å². The first-order valence-corrected chi connectivity index (χ1v) is 5.96. The van der Waals surface area contributed by atoms with E-state index in [0.29, 0.717) is 5.69 Å². The van der Waals surface area contributed by atoms with Gasteiger partial charge < -0.3 is 10.4 Å². The summed E-state index contributed by atoms with van der Waals surface area (Å²) >= 11 is 0. The van der Waals surface area contributed by atoms with Crippen LogP contribution in [0, 0.1) is 5.82 Å². The normalized spacial score (nSPS) is 14.7. The number of rotatable bonds is 6. The number of anilines is 1. The molecule has 1 aromatic rings. The van der Waals surface area contributed by atoms with Crippen molar-refractivity contribution in [3.05, 3.63) is 30.1 Å². The van der Waals surface area contributed by atoms with E-state index in [2.05, 4.69) is 5.32 Å². The molecule has 0 aliphatic carbocycles. The van der Waals surface area contributed by atoms with Gasteiger partial charge >= 0.3 is 12.1 Å². The summed E-state index contributed by atoms with van der Waals surface area (Å²) in [5.41, 5.74) is -1.20. The van der Waals surface area contributed by atoms with E-state index in [9.17, 15) is 22.4 Å². The SMILES string of the molecule is CC(CCCC(F)(F)F)(Nc1ccc(F)cc1)C(=O)O. The van der Waals surface area contributed by atoms with Crippen LogP contribution in [-0.4, -0.2) is 22.8 Å². The summed E-state index contributed by atoms with van der Waals surface area (Å²) in [6, 6.07) is 4.95. The zero-order chi connectivity index (χ0) is 15.4. The van der Waals surface area contributed by atoms with Gasteiger partial charge in [0.1, 0.15) is 11.4 Å². The van der Waals surface area contributed by atoms with Gasteiger partial charge in [0, 0.05) is 12.1 Å². The molecular formula is C13H15F4NO2. The van der Waals surface area contributed by atoms with Crippen molar-refractivity contribution < 1.29 is 27.5 Å². The van der Waals surface area contributed by atoms with E-state index >= 15 is 0 Å². The fourth-order valence-electron chi connectivity index (χ4n) is 1.72. The quantitative estimate of drug-likeness (QED) is 0.784. The lowest BCUT2D eigenvalue weighted by Gasteiger charge is -2.27. The Morgan fingerprint density at radius 2 is 1.75 bits per heavy atom. The van der Waals surface area contributed by atoms with Crippen LogP contribution in [0.3, 0.4) is 0 Å². The molecule has 0 heterocycles. The van der Waals surface area contributed by atoms with Crippen molar-refractivity contribution in [2.24, 2.45) is 0 Å². The Balaban J connectivity index is 2.71. The highest BCUT2D eigenvalue weighted by Gasteiger charge is 2.35. The van der Waals surface area contributed by atoms with Crippen LogP contribution in [0.5, 0.6) is 0 Å². The van der Waals surface area contributed by atoms with E-state index in [1.54, 1.807) is 0 Å². The number of halogens is 4. The Hall–Kier alpha value is -1.79. The number of aliphatic carboxylic acids is 1. The summed E-state index contributed by atoms with van der Waals surface area (Å²) in [6.07, 6.45) is -5.85. The molecular weight excluding hydrogens is 278 g/mol. The van der Waals surface area contributed by atoms with Gasteiger partial charge in [-0.05, 0) is 44.0 Å². The average molecular weight is 293 g/mol. The first kappa shape index (κ1) is 16.3. The third kappa shape index (κ3) is 5.07. The summed E-state index contributed by atoms with van der Waals surface area (Å²) in [6.45, 7) is 1.30. The lowest BCUT2D eigenvalue weighted by atomic mass is 9.94. The van der Waals surface area contributed by atoms with Gasteiger partial charge in [0.2, 0.25) is 0 Å². The zero-order valence-electron chi connectivity index (χ0n) is 10.8. The Morgan fingerprint density at radius 1 is 1.20 bits per heavy atom. The van der Waals surface area contributed by atoms with E-state index in [1.807, 2.05) is 0 Å². The maximum absolute atomic E-state index is 12.7. The molecule has 7 heteroatoms. The van der Waals surface area contributed by atoms with Crippen molar-refractivity contribution in [3.8, 4) is 0 Å². The molecule has 20 heavy (non-hydrogen) atoms. The fourth-order valence-corrected chi connectivity index (χ4v) is 1.72. The molecule has 3 nitrogen and oxygen atoms in total. The van der Waals surface area contributed by atoms with Crippen LogP contribution in [0.1, 0.15) is 26.2 Å². The van der Waals surface area contributed by atoms with Crippen LogP contribution in [0.2, 0.25) is 0 Å². The molecule has 1 atom stereocenters. The average Bonchev–Trinajstić information content (AvgIpc) is 2.30. The van der Waals surface area contributed by atoms with E-state index < -0.39 is 29.9 Å². The molecule has 1 rings (SSSR count). The predicted molar refractivity (Wildman–Crippen MR) is 66.0 cm³/mol. The van der Waals surface area contributed by atoms with Crippen LogP contribution in [0.15, 0.2) is 24.3 Å². The molecule has 2 N–H and O–H groups in total. The lowest BCUT2D eigenvalue weighted by molar-refractivity contribution is -0.145. The second-order valence-corrected chi connectivity index (χ2v) is 4.74. The third-order valence-corrected chi connectivity index (χ3v) is 2.87. The van der Waals surface area contributed by atoms with Crippen molar-refractivity contribution in [1.82, 2.24) is 0 Å². The second kappa shape index (κ2) is 6.11. The molecule has 0 amide bonds. The monoisotopic (exact) mass is 293 g/mol. The number of hydrogen-bond acceptors (Lipinski definition) is 2. The van der Waals surface area contributed by atoms with Crippen LogP contribution in [0.4, 0.5) is 23.2 Å². The molecule has 0 fully saturated rings. The topological polar surface area (TPSA) is 49.3 Å². The molecule has 0 aromatic heterocycles. The largest absolute Gasteiger partial charge is 0.480 e. The molecule has 0 saturated carbocycles. The summed E-state index contributed by atoms with van der Waals surface area (Å²) in [7, 11) is 0. The number of nitrogens with one attached hydrogen (secondary N) is 1. The fraction of sp³-hybridized carbons (Fsp3) is 0.462. The summed E-state index contributed by atoms with van der Waals surface area (Å²) in [5, 5.41) is 11.8. The molecule has 0 aliphatic heterocycles. The highest BCUT2D eigenvalue weighted by molar-refractivity contribution is 5.82. The number of carbonyl (C=O) groups is 1. The third-order valence-electron chi connectivity index (χ3n) is 2.87. The highest BCUT2D eigenvalue weighted by atomic mass is 19.4. The predicted octanol–water partition coefficient (Wildman–Crippen LogP) is 3.81. The van der Waals surface area contributed by atoms with Crippen molar-refractivity contribution >= 4 is 11.7 Å². The molecule has 112 valence electrons. The maximum atomic E-state index is 12.7. The maximum Gasteiger partial charge on any atom is 0.389 e. The van der Waals surface area contributed by atoms with Crippen molar-refractivity contribution in [2.45, 2.75) is 37.9 Å². The van der Waals surface area contributed by atoms with E-state index in [-0.39, 0.29) is 12.8 Å². The highest BCUT2D eigenvalue weighted by Crippen LogP contribution is 2.27. The van der Waals surface area contributed by atoms with E-state index in [4.69, 9.17) is 5.11 Å². The molecule has 0 aliphatic rings. The lowest BCUT2D eigenvalue weighted by Crippen LogP contribution is -2.43. The Bertz CT molecular complexity index is 458. The molecule has 0 saturated heterocycles. The smallest absolute Gasteiger partial charge is 0.389 e. The number of hydrogen-bond donors (Lipinski definition) is 2. The zero-order valence-corrected chi connectivity index (χ0v) is 10.8. The number of carboxylic acid groups (broad SMARTS) is 1. The molecule has 0 radical (unpaired) electrons. The second-order valence-electron chi connectivity index (χ2n) is 4.74. The van der Waals surface area contributed by atoms with Crippen LogP contribution >= 0.6 is 0 Å². The first-order chi connectivity index (χ1) is 9.12. The van der Waals surface area contributed by atoms with Gasteiger partial charge in [-0.15, -0.1) is 0 Å². The molecule has 0 bridgehead atoms. The minimum Gasteiger partial charge on any atom is -0.480 e. The van der Waals surface area contributed by atoms with Crippen molar-refractivity contribution in [3.63, 3.8) is 0 Å². The van der Waals surface area contributed by atoms with Gasteiger partial charge in [0.15, 0.2) is 0 Å².